The van der Waals surface area contributed by atoms with Crippen LogP contribution in [0.4, 0.5) is 10.1 Å². The van der Waals surface area contributed by atoms with Crippen molar-refractivity contribution in [3.05, 3.63) is 70.9 Å². The first-order valence-corrected chi connectivity index (χ1v) is 7.71. The Morgan fingerprint density at radius 2 is 1.77 bits per heavy atom. The lowest BCUT2D eigenvalue weighted by Crippen LogP contribution is -2.33. The number of halogens is 1. The van der Waals surface area contributed by atoms with E-state index in [-0.39, 0.29) is 11.7 Å². The molecule has 1 amide bonds. The molecule has 0 saturated carbocycles. The summed E-state index contributed by atoms with van der Waals surface area (Å²) in [6, 6.07) is 15.3. The van der Waals surface area contributed by atoms with Crippen LogP contribution in [0, 0.1) is 5.82 Å². The molecule has 0 bridgehead atoms. The topological polar surface area (TPSA) is 32.3 Å². The lowest BCUT2D eigenvalue weighted by molar-refractivity contribution is -0.121. The summed E-state index contributed by atoms with van der Waals surface area (Å²) in [4.78, 5) is 12.9. The zero-order valence-corrected chi connectivity index (χ0v) is 13.0. The maximum absolute atomic E-state index is 12.9. The minimum absolute atomic E-state index is 0.219. The number of nitrogens with zero attached hydrogens (tertiary/aromatic N) is 1. The highest BCUT2D eigenvalue weighted by molar-refractivity contribution is 8.26. The van der Waals surface area contributed by atoms with Gasteiger partial charge in [0.05, 0.1) is 10.6 Å². The van der Waals surface area contributed by atoms with Crippen molar-refractivity contribution in [2.24, 2.45) is 0 Å². The van der Waals surface area contributed by atoms with Gasteiger partial charge in [0.1, 0.15) is 5.82 Å². The van der Waals surface area contributed by atoms with Crippen molar-refractivity contribution in [3.63, 3.8) is 0 Å². The zero-order chi connectivity index (χ0) is 15.5. The average molecular weight is 330 g/mol. The first-order chi connectivity index (χ1) is 10.6. The molecule has 2 aromatic carbocycles. The monoisotopic (exact) mass is 330 g/mol. The molecular weight excluding hydrogens is 319 g/mol. The first-order valence-electron chi connectivity index (χ1n) is 6.49. The summed E-state index contributed by atoms with van der Waals surface area (Å²) < 4.78 is 13.3. The molecule has 1 fully saturated rings. The fraction of sp³-hybridized carbons (Fsp3) is 0. The van der Waals surface area contributed by atoms with E-state index in [9.17, 15) is 9.18 Å². The van der Waals surface area contributed by atoms with E-state index < -0.39 is 0 Å². The Balaban J connectivity index is 1.80. The van der Waals surface area contributed by atoms with Gasteiger partial charge in [0.25, 0.3) is 5.91 Å². The highest BCUT2D eigenvalue weighted by Gasteiger charge is 2.32. The van der Waals surface area contributed by atoms with Crippen molar-refractivity contribution in [2.45, 2.75) is 0 Å². The Morgan fingerprint density at radius 1 is 1.09 bits per heavy atom. The van der Waals surface area contributed by atoms with Crippen molar-refractivity contribution >= 4 is 46.0 Å². The summed E-state index contributed by atoms with van der Waals surface area (Å²) in [7, 11) is 0. The molecular formula is C16H11FN2OS2. The molecule has 1 saturated heterocycles. The van der Waals surface area contributed by atoms with Gasteiger partial charge in [-0.05, 0) is 48.1 Å². The van der Waals surface area contributed by atoms with E-state index in [0.717, 1.165) is 11.3 Å². The van der Waals surface area contributed by atoms with Gasteiger partial charge in [-0.15, -0.1) is 0 Å². The molecule has 22 heavy (non-hydrogen) atoms. The van der Waals surface area contributed by atoms with Crippen molar-refractivity contribution in [2.75, 3.05) is 5.43 Å². The number of benzene rings is 2. The number of thioether (sulfide) groups is 1. The zero-order valence-electron chi connectivity index (χ0n) is 11.3. The fourth-order valence-electron chi connectivity index (χ4n) is 1.92. The molecule has 0 spiro atoms. The predicted octanol–water partition coefficient (Wildman–Crippen LogP) is 4.05. The lowest BCUT2D eigenvalue weighted by atomic mass is 10.2. The van der Waals surface area contributed by atoms with Gasteiger partial charge < -0.3 is 0 Å². The van der Waals surface area contributed by atoms with E-state index in [1.807, 2.05) is 30.3 Å². The Kier molecular flexibility index (Phi) is 4.22. The van der Waals surface area contributed by atoms with E-state index in [1.54, 1.807) is 18.2 Å². The average Bonchev–Trinajstić information content (AvgIpc) is 2.78. The molecule has 1 heterocycles. The summed E-state index contributed by atoms with van der Waals surface area (Å²) in [5, 5.41) is 1.34. The van der Waals surface area contributed by atoms with Crippen molar-refractivity contribution in [1.82, 2.24) is 5.01 Å². The molecule has 3 rings (SSSR count). The summed E-state index contributed by atoms with van der Waals surface area (Å²) >= 11 is 6.45. The Morgan fingerprint density at radius 3 is 2.45 bits per heavy atom. The molecule has 6 heteroatoms. The first kappa shape index (κ1) is 14.7. The molecule has 2 aromatic rings. The molecule has 0 unspecified atom stereocenters. The molecule has 3 nitrogen and oxygen atoms in total. The van der Waals surface area contributed by atoms with Gasteiger partial charge in [-0.1, -0.05) is 42.1 Å². The van der Waals surface area contributed by atoms with Crippen LogP contribution in [0.15, 0.2) is 59.5 Å². The SMILES string of the molecule is O=C1/C(=C/c2ccc(F)cc2)SC(=S)N1Nc1ccccc1. The second-order valence-electron chi connectivity index (χ2n) is 4.55. The number of anilines is 1. The maximum atomic E-state index is 12.9. The minimum Gasteiger partial charge on any atom is -0.290 e. The maximum Gasteiger partial charge on any atom is 0.285 e. The van der Waals surface area contributed by atoms with Crippen molar-refractivity contribution < 1.29 is 9.18 Å². The lowest BCUT2D eigenvalue weighted by Gasteiger charge is -2.16. The van der Waals surface area contributed by atoms with Gasteiger partial charge in [0.2, 0.25) is 0 Å². The fourth-order valence-corrected chi connectivity index (χ4v) is 3.10. The number of para-hydroxylation sites is 1. The predicted molar refractivity (Wildman–Crippen MR) is 91.5 cm³/mol. The number of thiocarbonyl (C=S) groups is 1. The van der Waals surface area contributed by atoms with Gasteiger partial charge >= 0.3 is 0 Å². The molecule has 0 radical (unpaired) electrons. The van der Waals surface area contributed by atoms with Crippen LogP contribution < -0.4 is 5.43 Å². The van der Waals surface area contributed by atoms with Gasteiger partial charge in [-0.2, -0.15) is 0 Å². The number of hydrogen-bond acceptors (Lipinski definition) is 4. The highest BCUT2D eigenvalue weighted by Crippen LogP contribution is 2.32. The molecule has 0 aromatic heterocycles. The number of hydrogen-bond donors (Lipinski definition) is 1. The summed E-state index contributed by atoms with van der Waals surface area (Å²) in [6.07, 6.45) is 1.70. The van der Waals surface area contributed by atoms with Crippen LogP contribution >= 0.6 is 24.0 Å². The summed E-state index contributed by atoms with van der Waals surface area (Å²) in [6.45, 7) is 0. The van der Waals surface area contributed by atoms with Crippen LogP contribution in [0.5, 0.6) is 0 Å². The molecule has 1 aliphatic heterocycles. The quantitative estimate of drug-likeness (QED) is 0.680. The second-order valence-corrected chi connectivity index (χ2v) is 6.22. The van der Waals surface area contributed by atoms with Crippen molar-refractivity contribution in [3.8, 4) is 0 Å². The third-order valence-corrected chi connectivity index (χ3v) is 4.28. The van der Waals surface area contributed by atoms with Crippen LogP contribution in [0.25, 0.3) is 6.08 Å². The number of carbonyl (C=O) groups excluding carboxylic acids is 1. The van der Waals surface area contributed by atoms with E-state index in [0.29, 0.717) is 9.23 Å². The minimum atomic E-state index is -0.310. The highest BCUT2D eigenvalue weighted by atomic mass is 32.2. The number of carbonyl (C=O) groups is 1. The van der Waals surface area contributed by atoms with Gasteiger partial charge in [0.15, 0.2) is 4.32 Å². The van der Waals surface area contributed by atoms with Crippen LogP contribution in [0.2, 0.25) is 0 Å². The van der Waals surface area contributed by atoms with Crippen LogP contribution in [0.3, 0.4) is 0 Å². The summed E-state index contributed by atoms with van der Waals surface area (Å²) in [5.41, 5.74) is 4.52. The molecule has 1 aliphatic rings. The number of nitrogens with one attached hydrogen (secondary N) is 1. The van der Waals surface area contributed by atoms with E-state index >= 15 is 0 Å². The Hall–Kier alpha value is -2.18. The third-order valence-electron chi connectivity index (χ3n) is 2.98. The number of amides is 1. The molecule has 1 N–H and O–H groups in total. The summed E-state index contributed by atoms with van der Waals surface area (Å²) in [5.74, 6) is -0.529. The van der Waals surface area contributed by atoms with Gasteiger partial charge in [-0.3, -0.25) is 10.2 Å². The second kappa shape index (κ2) is 6.29. The van der Waals surface area contributed by atoms with Gasteiger partial charge in [-0.25, -0.2) is 9.40 Å². The standard InChI is InChI=1S/C16H11FN2OS2/c17-12-8-6-11(7-9-12)10-14-15(20)19(16(21)22-14)18-13-4-2-1-3-5-13/h1-10,18H/b14-10-. The normalized spacial score (nSPS) is 16.4. The largest absolute Gasteiger partial charge is 0.290 e. The van der Waals surface area contributed by atoms with Crippen LogP contribution in [-0.4, -0.2) is 15.2 Å². The van der Waals surface area contributed by atoms with Crippen molar-refractivity contribution in [1.29, 1.82) is 0 Å². The van der Waals surface area contributed by atoms with E-state index in [1.165, 1.54) is 28.9 Å². The Labute approximate surface area is 136 Å². The van der Waals surface area contributed by atoms with Crippen LogP contribution in [-0.2, 0) is 4.79 Å². The number of rotatable bonds is 3. The molecule has 0 aliphatic carbocycles. The number of hydrazine groups is 1. The molecule has 0 atom stereocenters. The van der Waals surface area contributed by atoms with E-state index in [2.05, 4.69) is 5.43 Å². The smallest absolute Gasteiger partial charge is 0.285 e. The Bertz CT molecular complexity index is 745. The molecule has 110 valence electrons. The third kappa shape index (κ3) is 3.18. The van der Waals surface area contributed by atoms with Crippen LogP contribution in [0.1, 0.15) is 5.56 Å². The van der Waals surface area contributed by atoms with E-state index in [4.69, 9.17) is 12.2 Å². The van der Waals surface area contributed by atoms with Gasteiger partial charge in [0, 0.05) is 0 Å².